The molecule has 0 unspecified atom stereocenters. The van der Waals surface area contributed by atoms with Crippen molar-refractivity contribution in [2.75, 3.05) is 6.54 Å². The third kappa shape index (κ3) is 2.66. The van der Waals surface area contributed by atoms with Crippen molar-refractivity contribution < 1.29 is 26.4 Å². The Morgan fingerprint density at radius 1 is 1.00 bits per heavy atom. The molecular weight excluding hydrogens is 338 g/mol. The second-order valence-electron chi connectivity index (χ2n) is 6.10. The number of nitrogens with zero attached hydrogens (tertiary/aromatic N) is 1. The van der Waals surface area contributed by atoms with Crippen molar-refractivity contribution in [2.24, 2.45) is 0 Å². The minimum Gasteiger partial charge on any atom is -1.00 e. The molecule has 0 saturated heterocycles. The van der Waals surface area contributed by atoms with Gasteiger partial charge in [0.1, 0.15) is 0 Å². The van der Waals surface area contributed by atoms with E-state index in [1.807, 2.05) is 36.4 Å². The summed E-state index contributed by atoms with van der Waals surface area (Å²) in [7, 11) is 0. The molecular formula is C19H20BrNO. The summed E-state index contributed by atoms with van der Waals surface area (Å²) in [6, 6.07) is 17.9. The van der Waals surface area contributed by atoms with Gasteiger partial charge in [0.05, 0.1) is 5.41 Å². The Balaban J connectivity index is 0.00000176. The molecule has 2 aromatic rings. The Hall–Kier alpha value is -1.74. The third-order valence-electron chi connectivity index (χ3n) is 4.58. The Labute approximate surface area is 142 Å². The predicted molar refractivity (Wildman–Crippen MR) is 85.7 cm³/mol. The SMILES string of the molecule is CC1=[N+](CC(=O)c2ccccc2)c2ccccc2C1(C)C.[Br-]. The molecule has 1 heterocycles. The van der Waals surface area contributed by atoms with Crippen molar-refractivity contribution in [3.8, 4) is 0 Å². The molecule has 0 bridgehead atoms. The normalized spacial score (nSPS) is 15.2. The fourth-order valence-corrected chi connectivity index (χ4v) is 3.01. The van der Waals surface area contributed by atoms with Crippen molar-refractivity contribution in [1.82, 2.24) is 0 Å². The molecule has 0 saturated carbocycles. The van der Waals surface area contributed by atoms with E-state index >= 15 is 0 Å². The number of carbonyl (C=O) groups excluding carboxylic acids is 1. The van der Waals surface area contributed by atoms with Crippen LogP contribution < -0.4 is 17.0 Å². The highest BCUT2D eigenvalue weighted by atomic mass is 79.9. The molecule has 0 aromatic heterocycles. The smallest absolute Gasteiger partial charge is 0.227 e. The predicted octanol–water partition coefficient (Wildman–Crippen LogP) is 0.970. The van der Waals surface area contributed by atoms with Crippen molar-refractivity contribution in [3.63, 3.8) is 0 Å². The van der Waals surface area contributed by atoms with Gasteiger partial charge in [0.2, 0.25) is 18.0 Å². The topological polar surface area (TPSA) is 20.1 Å². The molecule has 3 rings (SSSR count). The van der Waals surface area contributed by atoms with Crippen LogP contribution in [0.2, 0.25) is 0 Å². The number of hydrogen-bond donors (Lipinski definition) is 0. The summed E-state index contributed by atoms with van der Waals surface area (Å²) in [5.74, 6) is 0.155. The van der Waals surface area contributed by atoms with E-state index in [2.05, 4.69) is 43.5 Å². The molecule has 0 spiro atoms. The summed E-state index contributed by atoms with van der Waals surface area (Å²) in [4.78, 5) is 12.5. The second kappa shape index (κ2) is 6.17. The van der Waals surface area contributed by atoms with Crippen LogP contribution in [-0.4, -0.2) is 22.6 Å². The van der Waals surface area contributed by atoms with E-state index in [4.69, 9.17) is 0 Å². The van der Waals surface area contributed by atoms with Crippen LogP contribution in [0.1, 0.15) is 36.7 Å². The number of carbonyl (C=O) groups is 1. The lowest BCUT2D eigenvalue weighted by Crippen LogP contribution is -3.00. The number of benzene rings is 2. The summed E-state index contributed by atoms with van der Waals surface area (Å²) in [6.07, 6.45) is 0. The summed E-state index contributed by atoms with van der Waals surface area (Å²) >= 11 is 0. The van der Waals surface area contributed by atoms with Gasteiger partial charge in [-0.05, 0) is 13.8 Å². The van der Waals surface area contributed by atoms with Crippen LogP contribution in [0.25, 0.3) is 0 Å². The number of ketones is 1. The van der Waals surface area contributed by atoms with E-state index in [0.717, 1.165) is 11.3 Å². The van der Waals surface area contributed by atoms with E-state index in [0.29, 0.717) is 6.54 Å². The Morgan fingerprint density at radius 3 is 2.27 bits per heavy atom. The maximum absolute atomic E-state index is 12.5. The lowest BCUT2D eigenvalue weighted by Gasteiger charge is -2.14. The molecule has 0 amide bonds. The highest BCUT2D eigenvalue weighted by Gasteiger charge is 2.43. The first-order chi connectivity index (χ1) is 10.0. The zero-order chi connectivity index (χ0) is 15.0. The first-order valence-electron chi connectivity index (χ1n) is 7.31. The first kappa shape index (κ1) is 16.6. The molecule has 1 aliphatic rings. The molecule has 0 fully saturated rings. The minimum absolute atomic E-state index is 0. The first-order valence-corrected chi connectivity index (χ1v) is 7.31. The second-order valence-corrected chi connectivity index (χ2v) is 6.10. The Kier molecular flexibility index (Phi) is 4.66. The van der Waals surface area contributed by atoms with Crippen LogP contribution in [0.15, 0.2) is 54.6 Å². The number of hydrogen-bond acceptors (Lipinski definition) is 1. The molecule has 0 radical (unpaired) electrons. The van der Waals surface area contributed by atoms with Gasteiger partial charge in [-0.1, -0.05) is 48.5 Å². The summed E-state index contributed by atoms with van der Waals surface area (Å²) in [5.41, 5.74) is 4.43. The fourth-order valence-electron chi connectivity index (χ4n) is 3.01. The largest absolute Gasteiger partial charge is 1.00 e. The lowest BCUT2D eigenvalue weighted by atomic mass is 9.82. The quantitative estimate of drug-likeness (QED) is 0.592. The molecule has 22 heavy (non-hydrogen) atoms. The highest BCUT2D eigenvalue weighted by molar-refractivity contribution is 5.99. The van der Waals surface area contributed by atoms with Crippen LogP contribution in [0, 0.1) is 0 Å². The Morgan fingerprint density at radius 2 is 1.59 bits per heavy atom. The van der Waals surface area contributed by atoms with Gasteiger partial charge >= 0.3 is 0 Å². The molecule has 0 N–H and O–H groups in total. The van der Waals surface area contributed by atoms with Gasteiger partial charge in [-0.25, -0.2) is 0 Å². The van der Waals surface area contributed by atoms with E-state index in [1.165, 1.54) is 11.3 Å². The van der Waals surface area contributed by atoms with Crippen molar-refractivity contribution in [1.29, 1.82) is 0 Å². The van der Waals surface area contributed by atoms with Crippen molar-refractivity contribution in [2.45, 2.75) is 26.2 Å². The van der Waals surface area contributed by atoms with Crippen LogP contribution in [0.4, 0.5) is 5.69 Å². The molecule has 114 valence electrons. The average molecular weight is 358 g/mol. The summed E-state index contributed by atoms with van der Waals surface area (Å²) in [6.45, 7) is 6.96. The van der Waals surface area contributed by atoms with Gasteiger partial charge in [-0.2, -0.15) is 4.58 Å². The molecule has 0 atom stereocenters. The van der Waals surface area contributed by atoms with Crippen LogP contribution in [-0.2, 0) is 5.41 Å². The van der Waals surface area contributed by atoms with Crippen molar-refractivity contribution in [3.05, 3.63) is 65.7 Å². The molecule has 0 aliphatic carbocycles. The molecule has 3 heteroatoms. The van der Waals surface area contributed by atoms with Gasteiger partial charge in [0.15, 0.2) is 5.71 Å². The van der Waals surface area contributed by atoms with Gasteiger partial charge in [0.25, 0.3) is 0 Å². The van der Waals surface area contributed by atoms with Gasteiger partial charge in [-0.15, -0.1) is 0 Å². The number of Topliss-reactive ketones (excluding diaryl/α,β-unsaturated/α-hetero) is 1. The van der Waals surface area contributed by atoms with Gasteiger partial charge in [-0.3, -0.25) is 4.79 Å². The fraction of sp³-hybridized carbons (Fsp3) is 0.263. The lowest BCUT2D eigenvalue weighted by molar-refractivity contribution is -0.423. The zero-order valence-corrected chi connectivity index (χ0v) is 14.7. The average Bonchev–Trinajstić information content (AvgIpc) is 2.70. The van der Waals surface area contributed by atoms with Crippen LogP contribution in [0.5, 0.6) is 0 Å². The highest BCUT2D eigenvalue weighted by Crippen LogP contribution is 2.39. The molecule has 2 nitrogen and oxygen atoms in total. The van der Waals surface area contributed by atoms with E-state index in [9.17, 15) is 4.79 Å². The number of fused-ring (bicyclic) bond motifs is 1. The Bertz CT molecular complexity index is 732. The number of rotatable bonds is 3. The number of halogens is 1. The van der Waals surface area contributed by atoms with E-state index in [-0.39, 0.29) is 28.2 Å². The van der Waals surface area contributed by atoms with Gasteiger partial charge in [0, 0.05) is 24.1 Å². The van der Waals surface area contributed by atoms with E-state index < -0.39 is 0 Å². The minimum atomic E-state index is -0.0203. The zero-order valence-electron chi connectivity index (χ0n) is 13.1. The maximum Gasteiger partial charge on any atom is 0.227 e. The van der Waals surface area contributed by atoms with Crippen LogP contribution in [0.3, 0.4) is 0 Å². The number of para-hydroxylation sites is 1. The monoisotopic (exact) mass is 357 g/mol. The maximum atomic E-state index is 12.5. The molecule has 2 aromatic carbocycles. The van der Waals surface area contributed by atoms with Crippen molar-refractivity contribution >= 4 is 17.2 Å². The molecule has 1 aliphatic heterocycles. The van der Waals surface area contributed by atoms with Crippen LogP contribution >= 0.6 is 0 Å². The third-order valence-corrected chi connectivity index (χ3v) is 4.58. The van der Waals surface area contributed by atoms with E-state index in [1.54, 1.807) is 0 Å². The standard InChI is InChI=1S/C19H20NO.BrH/c1-14-19(2,3)16-11-7-8-12-17(16)20(14)13-18(21)15-9-5-4-6-10-15;/h4-12H,13H2,1-3H3;1H/q+1;/p-1. The summed E-state index contributed by atoms with van der Waals surface area (Å²) < 4.78 is 2.16. The summed E-state index contributed by atoms with van der Waals surface area (Å²) in [5, 5.41) is 0. The van der Waals surface area contributed by atoms with Gasteiger partial charge < -0.3 is 17.0 Å².